The summed E-state index contributed by atoms with van der Waals surface area (Å²) in [6, 6.07) is 2.80. The van der Waals surface area contributed by atoms with Crippen LogP contribution in [0.5, 0.6) is 0 Å². The van der Waals surface area contributed by atoms with Gasteiger partial charge in [0.1, 0.15) is 5.82 Å². The SMILES string of the molecule is CCCCCCCC(CCCCCCC)N(C)c1ccnn1C. The van der Waals surface area contributed by atoms with Crippen LogP contribution >= 0.6 is 0 Å². The molecule has 1 aromatic rings. The molecular weight excluding hydrogens is 282 g/mol. The Kier molecular flexibility index (Phi) is 10.8. The molecule has 0 spiro atoms. The Bertz CT molecular complexity index is 372. The molecule has 0 saturated carbocycles. The van der Waals surface area contributed by atoms with Crippen molar-refractivity contribution < 1.29 is 0 Å². The average molecular weight is 322 g/mol. The van der Waals surface area contributed by atoms with E-state index < -0.39 is 0 Å². The molecule has 0 aromatic carbocycles. The maximum atomic E-state index is 4.34. The molecule has 0 atom stereocenters. The first kappa shape index (κ1) is 20.1. The largest absolute Gasteiger partial charge is 0.357 e. The molecule has 0 aliphatic heterocycles. The van der Waals surface area contributed by atoms with Crippen molar-refractivity contribution in [2.24, 2.45) is 7.05 Å². The van der Waals surface area contributed by atoms with Crippen molar-refractivity contribution in [3.63, 3.8) is 0 Å². The van der Waals surface area contributed by atoms with Crippen LogP contribution in [0.25, 0.3) is 0 Å². The lowest BCUT2D eigenvalue weighted by atomic mass is 9.99. The van der Waals surface area contributed by atoms with E-state index in [2.05, 4.69) is 37.0 Å². The minimum atomic E-state index is 0.661. The smallest absolute Gasteiger partial charge is 0.126 e. The molecule has 0 amide bonds. The molecule has 1 heterocycles. The molecule has 0 unspecified atom stereocenters. The Morgan fingerprint density at radius 1 is 0.913 bits per heavy atom. The number of hydrogen-bond acceptors (Lipinski definition) is 2. The van der Waals surface area contributed by atoms with E-state index in [-0.39, 0.29) is 0 Å². The Labute approximate surface area is 144 Å². The summed E-state index contributed by atoms with van der Waals surface area (Å²) in [6.45, 7) is 4.57. The predicted octanol–water partition coefficient (Wildman–Crippen LogP) is 5.95. The van der Waals surface area contributed by atoms with Crippen LogP contribution in [0.4, 0.5) is 5.82 Å². The summed E-state index contributed by atoms with van der Waals surface area (Å²) >= 11 is 0. The van der Waals surface area contributed by atoms with E-state index in [0.717, 1.165) is 0 Å². The third-order valence-corrected chi connectivity index (χ3v) is 4.99. The summed E-state index contributed by atoms with van der Waals surface area (Å²) in [6.07, 6.45) is 18.3. The van der Waals surface area contributed by atoms with Crippen molar-refractivity contribution in [3.8, 4) is 0 Å². The summed E-state index contributed by atoms with van der Waals surface area (Å²) in [7, 11) is 4.30. The molecule has 0 aliphatic rings. The van der Waals surface area contributed by atoms with Crippen LogP contribution in [0.3, 0.4) is 0 Å². The number of aromatic nitrogens is 2. The second-order valence-electron chi connectivity index (χ2n) is 6.98. The van der Waals surface area contributed by atoms with Crippen LogP contribution in [0.2, 0.25) is 0 Å². The third kappa shape index (κ3) is 7.90. The topological polar surface area (TPSA) is 21.1 Å². The zero-order valence-corrected chi connectivity index (χ0v) is 16.1. The number of rotatable bonds is 14. The van der Waals surface area contributed by atoms with E-state index in [9.17, 15) is 0 Å². The number of aryl methyl sites for hydroxylation is 1. The fraction of sp³-hybridized carbons (Fsp3) is 0.850. The van der Waals surface area contributed by atoms with Crippen molar-refractivity contribution in [2.75, 3.05) is 11.9 Å². The molecule has 0 saturated heterocycles. The highest BCUT2D eigenvalue weighted by Gasteiger charge is 2.17. The first-order valence-electron chi connectivity index (χ1n) is 9.91. The molecule has 0 radical (unpaired) electrons. The van der Waals surface area contributed by atoms with Gasteiger partial charge < -0.3 is 4.90 Å². The normalized spacial score (nSPS) is 11.3. The molecule has 1 aromatic heterocycles. The Morgan fingerprint density at radius 3 is 1.87 bits per heavy atom. The van der Waals surface area contributed by atoms with Crippen molar-refractivity contribution >= 4 is 5.82 Å². The highest BCUT2D eigenvalue weighted by molar-refractivity contribution is 5.38. The van der Waals surface area contributed by atoms with E-state index in [1.54, 1.807) is 0 Å². The van der Waals surface area contributed by atoms with Gasteiger partial charge in [-0.3, -0.25) is 4.68 Å². The minimum Gasteiger partial charge on any atom is -0.357 e. The summed E-state index contributed by atoms with van der Waals surface area (Å²) in [5.74, 6) is 1.25. The Hall–Kier alpha value is -0.990. The lowest BCUT2D eigenvalue weighted by molar-refractivity contribution is 0.466. The number of unbranched alkanes of at least 4 members (excludes halogenated alkanes) is 8. The fourth-order valence-electron chi connectivity index (χ4n) is 3.40. The maximum Gasteiger partial charge on any atom is 0.126 e. The molecule has 3 heteroatoms. The molecule has 0 fully saturated rings. The number of nitrogens with zero attached hydrogens (tertiary/aromatic N) is 3. The summed E-state index contributed by atoms with van der Waals surface area (Å²) < 4.78 is 2.00. The van der Waals surface area contributed by atoms with Gasteiger partial charge in [0.15, 0.2) is 0 Å². The van der Waals surface area contributed by atoms with Gasteiger partial charge in [0.25, 0.3) is 0 Å². The molecule has 0 N–H and O–H groups in total. The third-order valence-electron chi connectivity index (χ3n) is 4.99. The quantitative estimate of drug-likeness (QED) is 0.395. The van der Waals surface area contributed by atoms with Gasteiger partial charge in [-0.2, -0.15) is 5.10 Å². The summed E-state index contributed by atoms with van der Waals surface area (Å²) in [4.78, 5) is 2.46. The molecule has 3 nitrogen and oxygen atoms in total. The second kappa shape index (κ2) is 12.4. The Balaban J connectivity index is 2.45. The Morgan fingerprint density at radius 2 is 1.43 bits per heavy atom. The zero-order chi connectivity index (χ0) is 16.9. The summed E-state index contributed by atoms with van der Waals surface area (Å²) in [5.41, 5.74) is 0. The highest BCUT2D eigenvalue weighted by Crippen LogP contribution is 2.22. The van der Waals surface area contributed by atoms with Crippen molar-refractivity contribution in [1.82, 2.24) is 9.78 Å². The van der Waals surface area contributed by atoms with Crippen LogP contribution < -0.4 is 4.90 Å². The molecular formula is C20H39N3. The standard InChI is InChI=1S/C20H39N3/c1-5-7-9-11-13-15-19(16-14-12-10-8-6-2)22(3)20-17-18-21-23(20)4/h17-19H,5-16H2,1-4H3. The molecule has 0 bridgehead atoms. The zero-order valence-electron chi connectivity index (χ0n) is 16.1. The van der Waals surface area contributed by atoms with Gasteiger partial charge in [-0.25, -0.2) is 0 Å². The summed E-state index contributed by atoms with van der Waals surface area (Å²) in [5, 5.41) is 4.34. The van der Waals surface area contributed by atoms with Gasteiger partial charge in [-0.05, 0) is 12.8 Å². The minimum absolute atomic E-state index is 0.661. The molecule has 134 valence electrons. The predicted molar refractivity (Wildman–Crippen MR) is 102 cm³/mol. The molecule has 23 heavy (non-hydrogen) atoms. The van der Waals surface area contributed by atoms with E-state index in [0.29, 0.717) is 6.04 Å². The van der Waals surface area contributed by atoms with E-state index in [1.165, 1.54) is 82.9 Å². The number of anilines is 1. The maximum absolute atomic E-state index is 4.34. The van der Waals surface area contributed by atoms with Crippen LogP contribution in [0.1, 0.15) is 90.9 Å². The highest BCUT2D eigenvalue weighted by atomic mass is 15.4. The van der Waals surface area contributed by atoms with Crippen molar-refractivity contribution in [2.45, 2.75) is 96.9 Å². The van der Waals surface area contributed by atoms with Crippen LogP contribution in [-0.2, 0) is 7.05 Å². The van der Waals surface area contributed by atoms with Crippen molar-refractivity contribution in [3.05, 3.63) is 12.3 Å². The van der Waals surface area contributed by atoms with E-state index in [4.69, 9.17) is 0 Å². The monoisotopic (exact) mass is 321 g/mol. The molecule has 1 rings (SSSR count). The van der Waals surface area contributed by atoms with Gasteiger partial charge >= 0.3 is 0 Å². The second-order valence-corrected chi connectivity index (χ2v) is 6.98. The number of hydrogen-bond donors (Lipinski definition) is 0. The van der Waals surface area contributed by atoms with Gasteiger partial charge in [0.05, 0.1) is 6.20 Å². The van der Waals surface area contributed by atoms with Crippen LogP contribution in [-0.4, -0.2) is 22.9 Å². The first-order valence-corrected chi connectivity index (χ1v) is 9.91. The average Bonchev–Trinajstić information content (AvgIpc) is 2.98. The lowest BCUT2D eigenvalue weighted by Gasteiger charge is -2.30. The van der Waals surface area contributed by atoms with E-state index in [1.807, 2.05) is 17.9 Å². The van der Waals surface area contributed by atoms with Crippen molar-refractivity contribution in [1.29, 1.82) is 0 Å². The lowest BCUT2D eigenvalue weighted by Crippen LogP contribution is -2.33. The van der Waals surface area contributed by atoms with Crippen LogP contribution in [0, 0.1) is 0 Å². The molecule has 0 aliphatic carbocycles. The van der Waals surface area contributed by atoms with Gasteiger partial charge in [0, 0.05) is 26.2 Å². The van der Waals surface area contributed by atoms with Gasteiger partial charge in [-0.15, -0.1) is 0 Å². The van der Waals surface area contributed by atoms with Gasteiger partial charge in [0.2, 0.25) is 0 Å². The first-order chi connectivity index (χ1) is 11.2. The fourth-order valence-corrected chi connectivity index (χ4v) is 3.40. The van der Waals surface area contributed by atoms with Gasteiger partial charge in [-0.1, -0.05) is 78.1 Å². The van der Waals surface area contributed by atoms with E-state index >= 15 is 0 Å². The van der Waals surface area contributed by atoms with Crippen LogP contribution in [0.15, 0.2) is 12.3 Å².